The summed E-state index contributed by atoms with van der Waals surface area (Å²) in [6.45, 7) is 0.512. The first-order valence-electron chi connectivity index (χ1n) is 5.96. The first-order chi connectivity index (χ1) is 9.03. The van der Waals surface area contributed by atoms with Crippen LogP contribution in [0.25, 0.3) is 5.65 Å². The maximum absolute atomic E-state index is 11.4. The molecule has 0 bridgehead atoms. The summed E-state index contributed by atoms with van der Waals surface area (Å²) in [6.07, 6.45) is 2.57. The molecule has 3 heterocycles. The number of hydrogen-bond acceptors (Lipinski definition) is 5. The Morgan fingerprint density at radius 1 is 1.42 bits per heavy atom. The number of fused-ring (bicyclic) bond motifs is 1. The van der Waals surface area contributed by atoms with E-state index < -0.39 is 9.84 Å². The van der Waals surface area contributed by atoms with E-state index in [1.54, 1.807) is 0 Å². The molecular formula is C11H13BrN4O2S. The van der Waals surface area contributed by atoms with Gasteiger partial charge in [-0.25, -0.2) is 8.42 Å². The van der Waals surface area contributed by atoms with E-state index in [1.165, 1.54) is 0 Å². The molecule has 1 aliphatic heterocycles. The van der Waals surface area contributed by atoms with Crippen LogP contribution in [0.5, 0.6) is 0 Å². The molecule has 0 aliphatic carbocycles. The highest BCUT2D eigenvalue weighted by Crippen LogP contribution is 2.14. The molecule has 8 heteroatoms. The van der Waals surface area contributed by atoms with Gasteiger partial charge in [-0.1, -0.05) is 0 Å². The predicted octanol–water partition coefficient (Wildman–Crippen LogP) is 0.768. The van der Waals surface area contributed by atoms with E-state index in [2.05, 4.69) is 31.4 Å². The van der Waals surface area contributed by atoms with Crippen LogP contribution in [-0.4, -0.2) is 40.6 Å². The van der Waals surface area contributed by atoms with Crippen molar-refractivity contribution in [2.75, 3.05) is 11.5 Å². The third-order valence-electron chi connectivity index (χ3n) is 3.22. The molecule has 1 N–H and O–H groups in total. The van der Waals surface area contributed by atoms with E-state index in [1.807, 2.05) is 22.7 Å². The molecule has 0 amide bonds. The van der Waals surface area contributed by atoms with Gasteiger partial charge in [-0.05, 0) is 34.5 Å². The smallest absolute Gasteiger partial charge is 0.160 e. The zero-order valence-corrected chi connectivity index (χ0v) is 12.5. The molecule has 1 aliphatic rings. The first-order valence-corrected chi connectivity index (χ1v) is 8.58. The van der Waals surface area contributed by atoms with Crippen LogP contribution in [0.3, 0.4) is 0 Å². The Morgan fingerprint density at radius 2 is 2.26 bits per heavy atom. The molecule has 1 saturated heterocycles. The highest BCUT2D eigenvalue weighted by Gasteiger charge is 2.27. The van der Waals surface area contributed by atoms with Crippen LogP contribution >= 0.6 is 15.9 Å². The molecule has 1 atom stereocenters. The molecule has 0 saturated carbocycles. The van der Waals surface area contributed by atoms with Crippen LogP contribution in [0.2, 0.25) is 0 Å². The van der Waals surface area contributed by atoms with Crippen LogP contribution < -0.4 is 5.32 Å². The summed E-state index contributed by atoms with van der Waals surface area (Å²) in [5.41, 5.74) is 0.777. The summed E-state index contributed by atoms with van der Waals surface area (Å²) in [6, 6.07) is 3.80. The minimum Gasteiger partial charge on any atom is -0.306 e. The second kappa shape index (κ2) is 4.84. The third-order valence-corrected chi connectivity index (χ3v) is 5.46. The largest absolute Gasteiger partial charge is 0.306 e. The Bertz CT molecular complexity index is 713. The molecule has 6 nitrogen and oxygen atoms in total. The normalized spacial score (nSPS) is 22.1. The van der Waals surface area contributed by atoms with Gasteiger partial charge in [0, 0.05) is 16.7 Å². The van der Waals surface area contributed by atoms with Crippen molar-refractivity contribution in [1.29, 1.82) is 0 Å². The van der Waals surface area contributed by atoms with E-state index in [-0.39, 0.29) is 17.5 Å². The number of pyridine rings is 1. The molecule has 0 aromatic carbocycles. The molecular weight excluding hydrogens is 332 g/mol. The Labute approximate surface area is 119 Å². The number of hydrogen-bond donors (Lipinski definition) is 1. The van der Waals surface area contributed by atoms with Gasteiger partial charge in [0.1, 0.15) is 0 Å². The molecule has 102 valence electrons. The van der Waals surface area contributed by atoms with E-state index in [9.17, 15) is 8.42 Å². The number of nitrogens with one attached hydrogen (secondary N) is 1. The number of aromatic nitrogens is 3. The quantitative estimate of drug-likeness (QED) is 0.889. The molecule has 0 spiro atoms. The van der Waals surface area contributed by atoms with Crippen LogP contribution in [0.4, 0.5) is 0 Å². The van der Waals surface area contributed by atoms with Gasteiger partial charge in [0.2, 0.25) is 0 Å². The zero-order valence-electron chi connectivity index (χ0n) is 10.1. The van der Waals surface area contributed by atoms with Crippen molar-refractivity contribution in [2.24, 2.45) is 0 Å². The summed E-state index contributed by atoms with van der Waals surface area (Å²) in [5.74, 6) is 1.27. The van der Waals surface area contributed by atoms with E-state index in [0.29, 0.717) is 13.0 Å². The average molecular weight is 345 g/mol. The molecule has 0 radical (unpaired) electrons. The second-order valence-electron chi connectivity index (χ2n) is 4.67. The van der Waals surface area contributed by atoms with Crippen molar-refractivity contribution >= 4 is 31.4 Å². The van der Waals surface area contributed by atoms with Gasteiger partial charge in [0.25, 0.3) is 0 Å². The topological polar surface area (TPSA) is 76.4 Å². The maximum atomic E-state index is 11.4. The summed E-state index contributed by atoms with van der Waals surface area (Å²) in [4.78, 5) is 0. The maximum Gasteiger partial charge on any atom is 0.160 e. The fraction of sp³-hybridized carbons (Fsp3) is 0.455. The van der Waals surface area contributed by atoms with Gasteiger partial charge < -0.3 is 5.32 Å². The van der Waals surface area contributed by atoms with Crippen LogP contribution in [-0.2, 0) is 16.4 Å². The fourth-order valence-corrected chi connectivity index (χ4v) is 4.27. The number of nitrogens with zero attached hydrogens (tertiary/aromatic N) is 3. The minimum absolute atomic E-state index is 0.0181. The lowest BCUT2D eigenvalue weighted by Gasteiger charge is -2.09. The molecule has 19 heavy (non-hydrogen) atoms. The summed E-state index contributed by atoms with van der Waals surface area (Å²) in [7, 11) is -2.85. The second-order valence-corrected chi connectivity index (χ2v) is 7.82. The molecule has 2 aromatic heterocycles. The van der Waals surface area contributed by atoms with Crippen molar-refractivity contribution in [3.8, 4) is 0 Å². The lowest BCUT2D eigenvalue weighted by molar-refractivity contribution is 0.539. The highest BCUT2D eigenvalue weighted by molar-refractivity contribution is 9.10. The van der Waals surface area contributed by atoms with Gasteiger partial charge in [0.15, 0.2) is 21.3 Å². The third kappa shape index (κ3) is 2.80. The van der Waals surface area contributed by atoms with Crippen molar-refractivity contribution in [3.05, 3.63) is 28.6 Å². The number of sulfone groups is 1. The van der Waals surface area contributed by atoms with Gasteiger partial charge >= 0.3 is 0 Å². The highest BCUT2D eigenvalue weighted by atomic mass is 79.9. The zero-order chi connectivity index (χ0) is 13.5. The lowest BCUT2D eigenvalue weighted by Crippen LogP contribution is -2.30. The molecule has 1 unspecified atom stereocenters. The van der Waals surface area contributed by atoms with Gasteiger partial charge in [-0.2, -0.15) is 0 Å². The van der Waals surface area contributed by atoms with Gasteiger partial charge in [-0.15, -0.1) is 10.2 Å². The first kappa shape index (κ1) is 13.0. The Morgan fingerprint density at radius 3 is 3.00 bits per heavy atom. The summed E-state index contributed by atoms with van der Waals surface area (Å²) < 4.78 is 25.6. The molecule has 1 fully saturated rings. The summed E-state index contributed by atoms with van der Waals surface area (Å²) in [5, 5.41) is 11.4. The van der Waals surface area contributed by atoms with Crippen LogP contribution in [0.1, 0.15) is 12.2 Å². The van der Waals surface area contributed by atoms with E-state index in [4.69, 9.17) is 0 Å². The monoisotopic (exact) mass is 344 g/mol. The number of rotatable bonds is 3. The van der Waals surface area contributed by atoms with Gasteiger partial charge in [-0.3, -0.25) is 4.40 Å². The van der Waals surface area contributed by atoms with Gasteiger partial charge in [0.05, 0.1) is 18.1 Å². The average Bonchev–Trinajstić information content (AvgIpc) is 2.90. The van der Waals surface area contributed by atoms with Crippen molar-refractivity contribution in [1.82, 2.24) is 19.9 Å². The van der Waals surface area contributed by atoms with E-state index in [0.717, 1.165) is 15.9 Å². The van der Waals surface area contributed by atoms with Crippen LogP contribution in [0.15, 0.2) is 22.8 Å². The van der Waals surface area contributed by atoms with E-state index >= 15 is 0 Å². The fourth-order valence-electron chi connectivity index (χ4n) is 2.22. The Balaban J connectivity index is 1.74. The molecule has 2 aromatic rings. The van der Waals surface area contributed by atoms with Crippen molar-refractivity contribution in [2.45, 2.75) is 19.0 Å². The minimum atomic E-state index is -2.85. The standard InChI is InChI=1S/C11H13BrN4O2S/c12-8-1-2-10-14-15-11(16(10)6-8)5-13-9-3-4-19(17,18)7-9/h1-2,6,9,13H,3-5,7H2. The van der Waals surface area contributed by atoms with Crippen molar-refractivity contribution in [3.63, 3.8) is 0 Å². The Hall–Kier alpha value is -0.990. The number of halogens is 1. The summed E-state index contributed by atoms with van der Waals surface area (Å²) >= 11 is 3.41. The lowest BCUT2D eigenvalue weighted by atomic mass is 10.2. The Kier molecular flexibility index (Phi) is 3.32. The predicted molar refractivity (Wildman–Crippen MR) is 74.6 cm³/mol. The van der Waals surface area contributed by atoms with Crippen LogP contribution in [0, 0.1) is 0 Å². The van der Waals surface area contributed by atoms with Crippen molar-refractivity contribution < 1.29 is 8.42 Å². The molecule has 3 rings (SSSR count). The SMILES string of the molecule is O=S1(=O)CCC(NCc2nnc3ccc(Br)cn23)C1.